The van der Waals surface area contributed by atoms with E-state index in [2.05, 4.69) is 27.5 Å². The Bertz CT molecular complexity index is 644. The standard InChI is InChI=1S/C18H24N4O2/c1-3-4-7-10-19-18(23)15-12-22-17(13-20-15)21-11-14-8-5-6-9-16(14)24-2/h5-6,8-9,12-13H,3-4,7,10-11H2,1-2H3,(H,19,23)(H,21,22). The van der Waals surface area contributed by atoms with E-state index in [1.807, 2.05) is 24.3 Å². The first-order valence-electron chi connectivity index (χ1n) is 8.20. The van der Waals surface area contributed by atoms with E-state index in [4.69, 9.17) is 4.74 Å². The molecule has 0 aliphatic heterocycles. The van der Waals surface area contributed by atoms with E-state index in [9.17, 15) is 4.79 Å². The van der Waals surface area contributed by atoms with Crippen molar-refractivity contribution >= 4 is 11.7 Å². The van der Waals surface area contributed by atoms with Crippen molar-refractivity contribution in [3.63, 3.8) is 0 Å². The molecule has 0 saturated heterocycles. The Balaban J connectivity index is 1.86. The van der Waals surface area contributed by atoms with Gasteiger partial charge in [-0.3, -0.25) is 4.79 Å². The predicted molar refractivity (Wildman–Crippen MR) is 94.2 cm³/mol. The molecule has 2 aromatic rings. The fourth-order valence-electron chi connectivity index (χ4n) is 2.24. The quantitative estimate of drug-likeness (QED) is 0.692. The van der Waals surface area contributed by atoms with Gasteiger partial charge in [-0.2, -0.15) is 0 Å². The normalized spacial score (nSPS) is 10.2. The fourth-order valence-corrected chi connectivity index (χ4v) is 2.24. The Hall–Kier alpha value is -2.63. The number of carbonyl (C=O) groups excluding carboxylic acids is 1. The van der Waals surface area contributed by atoms with Crippen LogP contribution in [-0.2, 0) is 6.54 Å². The van der Waals surface area contributed by atoms with E-state index in [-0.39, 0.29) is 5.91 Å². The lowest BCUT2D eigenvalue weighted by Crippen LogP contribution is -2.25. The molecule has 0 aliphatic carbocycles. The minimum atomic E-state index is -0.185. The smallest absolute Gasteiger partial charge is 0.271 e. The van der Waals surface area contributed by atoms with Crippen LogP contribution in [0.1, 0.15) is 42.2 Å². The van der Waals surface area contributed by atoms with Gasteiger partial charge in [0.05, 0.1) is 19.5 Å². The molecule has 1 amide bonds. The summed E-state index contributed by atoms with van der Waals surface area (Å²) in [7, 11) is 1.65. The van der Waals surface area contributed by atoms with Crippen LogP contribution < -0.4 is 15.4 Å². The number of carbonyl (C=O) groups is 1. The van der Waals surface area contributed by atoms with Crippen molar-refractivity contribution in [1.82, 2.24) is 15.3 Å². The molecule has 0 atom stereocenters. The maximum atomic E-state index is 11.9. The lowest BCUT2D eigenvalue weighted by Gasteiger charge is -2.10. The molecule has 0 spiro atoms. The fraction of sp³-hybridized carbons (Fsp3) is 0.389. The molecule has 6 nitrogen and oxygen atoms in total. The van der Waals surface area contributed by atoms with E-state index < -0.39 is 0 Å². The number of methoxy groups -OCH3 is 1. The number of ether oxygens (including phenoxy) is 1. The van der Waals surface area contributed by atoms with Gasteiger partial charge in [0.25, 0.3) is 5.91 Å². The van der Waals surface area contributed by atoms with E-state index in [1.54, 1.807) is 13.3 Å². The Kier molecular flexibility index (Phi) is 7.01. The molecule has 24 heavy (non-hydrogen) atoms. The molecule has 1 heterocycles. The van der Waals surface area contributed by atoms with E-state index >= 15 is 0 Å². The zero-order valence-electron chi connectivity index (χ0n) is 14.2. The highest BCUT2D eigenvalue weighted by atomic mass is 16.5. The van der Waals surface area contributed by atoms with Crippen LogP contribution in [0.15, 0.2) is 36.7 Å². The Morgan fingerprint density at radius 1 is 1.17 bits per heavy atom. The van der Waals surface area contributed by atoms with Crippen molar-refractivity contribution in [2.75, 3.05) is 19.0 Å². The number of benzene rings is 1. The van der Waals surface area contributed by atoms with Gasteiger partial charge in [-0.15, -0.1) is 0 Å². The third kappa shape index (κ3) is 5.22. The summed E-state index contributed by atoms with van der Waals surface area (Å²) in [6, 6.07) is 7.78. The number of rotatable bonds is 9. The molecule has 2 rings (SSSR count). The molecule has 2 N–H and O–H groups in total. The van der Waals surface area contributed by atoms with Gasteiger partial charge in [-0.1, -0.05) is 38.0 Å². The van der Waals surface area contributed by atoms with Gasteiger partial charge in [-0.05, 0) is 12.5 Å². The minimum Gasteiger partial charge on any atom is -0.496 e. The second-order valence-corrected chi connectivity index (χ2v) is 5.42. The number of nitrogens with one attached hydrogen (secondary N) is 2. The van der Waals surface area contributed by atoms with Crippen molar-refractivity contribution in [2.45, 2.75) is 32.7 Å². The summed E-state index contributed by atoms with van der Waals surface area (Å²) < 4.78 is 5.31. The van der Waals surface area contributed by atoms with Gasteiger partial charge >= 0.3 is 0 Å². The van der Waals surface area contributed by atoms with Gasteiger partial charge < -0.3 is 15.4 Å². The molecular weight excluding hydrogens is 304 g/mol. The van der Waals surface area contributed by atoms with Gasteiger partial charge in [0.1, 0.15) is 17.3 Å². The van der Waals surface area contributed by atoms with Gasteiger partial charge in [-0.25, -0.2) is 9.97 Å². The number of nitrogens with zero attached hydrogens (tertiary/aromatic N) is 2. The Labute approximate surface area is 142 Å². The first-order valence-corrected chi connectivity index (χ1v) is 8.20. The molecule has 6 heteroatoms. The summed E-state index contributed by atoms with van der Waals surface area (Å²) in [5.74, 6) is 1.25. The number of para-hydroxylation sites is 1. The highest BCUT2D eigenvalue weighted by molar-refractivity contribution is 5.91. The molecule has 1 aromatic heterocycles. The average Bonchev–Trinajstić information content (AvgIpc) is 2.64. The van der Waals surface area contributed by atoms with Crippen LogP contribution in [0.3, 0.4) is 0 Å². The van der Waals surface area contributed by atoms with E-state index in [1.165, 1.54) is 6.20 Å². The van der Waals surface area contributed by atoms with E-state index in [0.717, 1.165) is 30.6 Å². The summed E-state index contributed by atoms with van der Waals surface area (Å²) in [6.07, 6.45) is 6.27. The Morgan fingerprint density at radius 2 is 2.00 bits per heavy atom. The van der Waals surface area contributed by atoms with Crippen molar-refractivity contribution in [2.24, 2.45) is 0 Å². The summed E-state index contributed by atoms with van der Waals surface area (Å²) >= 11 is 0. The van der Waals surface area contributed by atoms with Crippen LogP contribution in [0.25, 0.3) is 0 Å². The molecule has 128 valence electrons. The highest BCUT2D eigenvalue weighted by Crippen LogP contribution is 2.18. The maximum Gasteiger partial charge on any atom is 0.271 e. The average molecular weight is 328 g/mol. The molecule has 0 unspecified atom stereocenters. The third-order valence-corrected chi connectivity index (χ3v) is 3.60. The second kappa shape index (κ2) is 9.50. The maximum absolute atomic E-state index is 11.9. The third-order valence-electron chi connectivity index (χ3n) is 3.60. The summed E-state index contributed by atoms with van der Waals surface area (Å²) in [6.45, 7) is 3.37. The summed E-state index contributed by atoms with van der Waals surface area (Å²) in [5.41, 5.74) is 1.36. The number of amides is 1. The van der Waals surface area contributed by atoms with Crippen LogP contribution >= 0.6 is 0 Å². The van der Waals surface area contributed by atoms with E-state index in [0.29, 0.717) is 24.6 Å². The van der Waals surface area contributed by atoms with Crippen molar-refractivity contribution in [1.29, 1.82) is 0 Å². The molecule has 0 radical (unpaired) electrons. The first kappa shape index (κ1) is 17.7. The van der Waals surface area contributed by atoms with Crippen molar-refractivity contribution in [3.8, 4) is 5.75 Å². The molecular formula is C18H24N4O2. The molecule has 0 fully saturated rings. The van der Waals surface area contributed by atoms with Crippen LogP contribution in [0.5, 0.6) is 5.75 Å². The van der Waals surface area contributed by atoms with Crippen molar-refractivity contribution in [3.05, 3.63) is 47.9 Å². The monoisotopic (exact) mass is 328 g/mol. The summed E-state index contributed by atoms with van der Waals surface area (Å²) in [5, 5.41) is 6.02. The highest BCUT2D eigenvalue weighted by Gasteiger charge is 2.07. The zero-order valence-corrected chi connectivity index (χ0v) is 14.2. The first-order chi connectivity index (χ1) is 11.7. The number of hydrogen-bond acceptors (Lipinski definition) is 5. The summed E-state index contributed by atoms with van der Waals surface area (Å²) in [4.78, 5) is 20.3. The number of hydrogen-bond donors (Lipinski definition) is 2. The SMILES string of the molecule is CCCCCNC(=O)c1cnc(NCc2ccccc2OC)cn1. The van der Waals surface area contributed by atoms with Gasteiger partial charge in [0.15, 0.2) is 0 Å². The second-order valence-electron chi connectivity index (χ2n) is 5.42. The number of unbranched alkanes of at least 4 members (excludes halogenated alkanes) is 2. The lowest BCUT2D eigenvalue weighted by atomic mass is 10.2. The largest absolute Gasteiger partial charge is 0.496 e. The topological polar surface area (TPSA) is 76.1 Å². The molecule has 0 aliphatic rings. The van der Waals surface area contributed by atoms with Crippen LogP contribution in [-0.4, -0.2) is 29.5 Å². The molecule has 0 bridgehead atoms. The number of anilines is 1. The van der Waals surface area contributed by atoms with Gasteiger partial charge in [0, 0.05) is 18.7 Å². The number of aromatic nitrogens is 2. The van der Waals surface area contributed by atoms with Crippen LogP contribution in [0.2, 0.25) is 0 Å². The molecule has 1 aromatic carbocycles. The zero-order chi connectivity index (χ0) is 17.2. The predicted octanol–water partition coefficient (Wildman–Crippen LogP) is 3.02. The molecule has 0 saturated carbocycles. The Morgan fingerprint density at radius 3 is 2.71 bits per heavy atom. The van der Waals surface area contributed by atoms with Gasteiger partial charge in [0.2, 0.25) is 0 Å². The lowest BCUT2D eigenvalue weighted by molar-refractivity contribution is 0.0947. The van der Waals surface area contributed by atoms with Crippen molar-refractivity contribution < 1.29 is 9.53 Å². The minimum absolute atomic E-state index is 0.185. The van der Waals surface area contributed by atoms with Crippen LogP contribution in [0.4, 0.5) is 5.82 Å². The van der Waals surface area contributed by atoms with Crippen LogP contribution in [0, 0.1) is 0 Å².